The minimum atomic E-state index is -0.0247. The van der Waals surface area contributed by atoms with Crippen LogP contribution in [0.5, 0.6) is 0 Å². The molecule has 0 aromatic heterocycles. The van der Waals surface area contributed by atoms with Crippen molar-refractivity contribution in [2.75, 3.05) is 0 Å². The molecule has 6 atom stereocenters. The number of allylic oxidation sites excluding steroid dienone is 2. The van der Waals surface area contributed by atoms with Gasteiger partial charge in [-0.1, -0.05) is 31.9 Å². The van der Waals surface area contributed by atoms with E-state index in [1.54, 1.807) is 0 Å². The molecule has 2 unspecified atom stereocenters. The van der Waals surface area contributed by atoms with Gasteiger partial charge in [-0.3, -0.25) is 0 Å². The summed E-state index contributed by atoms with van der Waals surface area (Å²) in [5.74, 6) is 2.47. The Hall–Kier alpha value is -0.300. The van der Waals surface area contributed by atoms with Crippen LogP contribution in [0, 0.1) is 28.6 Å². The minimum Gasteiger partial charge on any atom is -0.393 e. The molecule has 0 aliphatic heterocycles. The Morgan fingerprint density at radius 2 is 1.90 bits per heavy atom. The molecule has 4 rings (SSSR count). The first-order valence-electron chi connectivity index (χ1n) is 8.91. The summed E-state index contributed by atoms with van der Waals surface area (Å²) in [5.41, 5.74) is 2.97. The van der Waals surface area contributed by atoms with E-state index in [1.807, 2.05) is 5.57 Å². The second-order valence-corrected chi connectivity index (χ2v) is 8.76. The molecule has 3 saturated carbocycles. The van der Waals surface area contributed by atoms with E-state index in [9.17, 15) is 5.11 Å². The van der Waals surface area contributed by atoms with Crippen molar-refractivity contribution in [2.45, 2.75) is 77.7 Å². The summed E-state index contributed by atoms with van der Waals surface area (Å²) in [6, 6.07) is 0. The molecule has 0 spiro atoms. The third kappa shape index (κ3) is 1.71. The maximum absolute atomic E-state index is 10.0. The van der Waals surface area contributed by atoms with E-state index < -0.39 is 0 Å². The highest BCUT2D eigenvalue weighted by Crippen LogP contribution is 2.64. The van der Waals surface area contributed by atoms with Crippen molar-refractivity contribution < 1.29 is 5.11 Å². The van der Waals surface area contributed by atoms with Gasteiger partial charge < -0.3 is 5.11 Å². The van der Waals surface area contributed by atoms with Crippen molar-refractivity contribution in [3.63, 3.8) is 0 Å². The predicted octanol–water partition coefficient (Wildman–Crippen LogP) is 4.70. The second kappa shape index (κ2) is 4.35. The van der Waals surface area contributed by atoms with Crippen LogP contribution in [0.2, 0.25) is 0 Å². The lowest BCUT2D eigenvalue weighted by atomic mass is 9.48. The molecule has 0 saturated heterocycles. The van der Waals surface area contributed by atoms with Crippen LogP contribution in [-0.4, -0.2) is 11.2 Å². The molecule has 4 aliphatic carbocycles. The quantitative estimate of drug-likeness (QED) is 0.635. The topological polar surface area (TPSA) is 20.2 Å². The summed E-state index contributed by atoms with van der Waals surface area (Å²) in [7, 11) is 0. The van der Waals surface area contributed by atoms with E-state index in [1.165, 1.54) is 44.9 Å². The van der Waals surface area contributed by atoms with E-state index in [0.29, 0.717) is 10.8 Å². The SMILES string of the molecule is C[C@@]12CCC[C@H]1C1=CCC3CC(O)CC[C@]3(C)[C@H]1CC2. The smallest absolute Gasteiger partial charge is 0.0543 e. The standard InChI is InChI=1S/C19H30O/c1-18-9-3-4-16(18)15-6-5-13-12-14(20)7-11-19(13,2)17(15)8-10-18/h6,13-14,16-17,20H,3-5,7-12H2,1-2H3/t13?,14?,16-,17-,18-,19-/m0/s1. The lowest BCUT2D eigenvalue weighted by Crippen LogP contribution is -2.48. The Balaban J connectivity index is 1.69. The highest BCUT2D eigenvalue weighted by atomic mass is 16.3. The van der Waals surface area contributed by atoms with E-state index in [4.69, 9.17) is 0 Å². The Labute approximate surface area is 123 Å². The van der Waals surface area contributed by atoms with Gasteiger partial charge in [0, 0.05) is 0 Å². The Morgan fingerprint density at radius 3 is 2.75 bits per heavy atom. The van der Waals surface area contributed by atoms with Crippen LogP contribution in [-0.2, 0) is 0 Å². The number of aliphatic hydroxyl groups is 1. The number of hydrogen-bond acceptors (Lipinski definition) is 1. The maximum atomic E-state index is 10.0. The van der Waals surface area contributed by atoms with E-state index in [2.05, 4.69) is 19.9 Å². The lowest BCUT2D eigenvalue weighted by molar-refractivity contribution is -0.0355. The summed E-state index contributed by atoms with van der Waals surface area (Å²) >= 11 is 0. The highest BCUT2D eigenvalue weighted by molar-refractivity contribution is 5.26. The van der Waals surface area contributed by atoms with Crippen LogP contribution in [0.15, 0.2) is 11.6 Å². The van der Waals surface area contributed by atoms with Crippen LogP contribution in [0.4, 0.5) is 0 Å². The van der Waals surface area contributed by atoms with Crippen LogP contribution < -0.4 is 0 Å². The predicted molar refractivity (Wildman–Crippen MR) is 82.3 cm³/mol. The van der Waals surface area contributed by atoms with Gasteiger partial charge >= 0.3 is 0 Å². The number of rotatable bonds is 0. The number of hydrogen-bond donors (Lipinski definition) is 1. The van der Waals surface area contributed by atoms with Gasteiger partial charge in [0.25, 0.3) is 0 Å². The van der Waals surface area contributed by atoms with Crippen molar-refractivity contribution in [1.29, 1.82) is 0 Å². The third-order valence-electron chi connectivity index (χ3n) is 7.83. The van der Waals surface area contributed by atoms with Crippen LogP contribution in [0.3, 0.4) is 0 Å². The zero-order valence-electron chi connectivity index (χ0n) is 13.2. The molecule has 0 bridgehead atoms. The molecular formula is C19H30O. The van der Waals surface area contributed by atoms with E-state index in [-0.39, 0.29) is 6.10 Å². The molecule has 0 aromatic carbocycles. The largest absolute Gasteiger partial charge is 0.393 e. The fourth-order valence-electron chi connectivity index (χ4n) is 6.48. The molecule has 3 fully saturated rings. The third-order valence-corrected chi connectivity index (χ3v) is 7.83. The molecule has 0 amide bonds. The molecule has 0 heterocycles. The van der Waals surface area contributed by atoms with Gasteiger partial charge in [0.1, 0.15) is 0 Å². The minimum absolute atomic E-state index is 0.0247. The van der Waals surface area contributed by atoms with Crippen molar-refractivity contribution in [1.82, 2.24) is 0 Å². The van der Waals surface area contributed by atoms with Crippen LogP contribution >= 0.6 is 0 Å². The lowest BCUT2D eigenvalue weighted by Gasteiger charge is -2.56. The van der Waals surface area contributed by atoms with Crippen molar-refractivity contribution in [3.05, 3.63) is 11.6 Å². The van der Waals surface area contributed by atoms with Gasteiger partial charge in [-0.2, -0.15) is 0 Å². The summed E-state index contributed by atoms with van der Waals surface area (Å²) in [6.45, 7) is 5.11. The molecule has 1 N–H and O–H groups in total. The summed E-state index contributed by atoms with van der Waals surface area (Å²) in [4.78, 5) is 0. The molecule has 1 nitrogen and oxygen atoms in total. The second-order valence-electron chi connectivity index (χ2n) is 8.76. The molecule has 0 aromatic rings. The average Bonchev–Trinajstić information content (AvgIpc) is 2.81. The number of aliphatic hydroxyl groups excluding tert-OH is 1. The average molecular weight is 274 g/mol. The number of fused-ring (bicyclic) bond motifs is 5. The van der Waals surface area contributed by atoms with Crippen molar-refractivity contribution >= 4 is 0 Å². The summed E-state index contributed by atoms with van der Waals surface area (Å²) in [6.07, 6.45) is 14.4. The van der Waals surface area contributed by atoms with Crippen LogP contribution in [0.1, 0.15) is 71.6 Å². The van der Waals surface area contributed by atoms with Gasteiger partial charge in [-0.25, -0.2) is 0 Å². The zero-order chi connectivity index (χ0) is 14.0. The fourth-order valence-corrected chi connectivity index (χ4v) is 6.48. The van der Waals surface area contributed by atoms with E-state index in [0.717, 1.165) is 30.6 Å². The van der Waals surface area contributed by atoms with Crippen molar-refractivity contribution in [2.24, 2.45) is 28.6 Å². The molecule has 4 aliphatic rings. The molecule has 0 radical (unpaired) electrons. The van der Waals surface area contributed by atoms with Gasteiger partial charge in [-0.15, -0.1) is 0 Å². The maximum Gasteiger partial charge on any atom is 0.0543 e. The zero-order valence-corrected chi connectivity index (χ0v) is 13.2. The Morgan fingerprint density at radius 1 is 1.05 bits per heavy atom. The van der Waals surface area contributed by atoms with Gasteiger partial charge in [0.2, 0.25) is 0 Å². The normalized spacial score (nSPS) is 54.6. The highest BCUT2D eigenvalue weighted by Gasteiger charge is 2.54. The first-order valence-corrected chi connectivity index (χ1v) is 8.91. The summed E-state index contributed by atoms with van der Waals surface area (Å²) < 4.78 is 0. The van der Waals surface area contributed by atoms with Gasteiger partial charge in [0.15, 0.2) is 0 Å². The van der Waals surface area contributed by atoms with Crippen molar-refractivity contribution in [3.8, 4) is 0 Å². The summed E-state index contributed by atoms with van der Waals surface area (Å²) in [5, 5.41) is 10.0. The molecule has 112 valence electrons. The monoisotopic (exact) mass is 274 g/mol. The molecule has 20 heavy (non-hydrogen) atoms. The molecule has 1 heteroatoms. The molecular weight excluding hydrogens is 244 g/mol. The van der Waals surface area contributed by atoms with Crippen LogP contribution in [0.25, 0.3) is 0 Å². The Kier molecular flexibility index (Phi) is 2.91. The fraction of sp³-hybridized carbons (Fsp3) is 0.895. The van der Waals surface area contributed by atoms with Gasteiger partial charge in [0.05, 0.1) is 6.10 Å². The van der Waals surface area contributed by atoms with Gasteiger partial charge in [-0.05, 0) is 80.0 Å². The first kappa shape index (κ1) is 13.4. The van der Waals surface area contributed by atoms with E-state index >= 15 is 0 Å². The Bertz CT molecular complexity index is 439. The first-order chi connectivity index (χ1) is 9.53.